The Kier molecular flexibility index (Phi) is 5.41. The molecule has 2 saturated heterocycles. The van der Waals surface area contributed by atoms with Crippen molar-refractivity contribution in [1.82, 2.24) is 10.2 Å². The van der Waals surface area contributed by atoms with Crippen molar-refractivity contribution in [2.45, 2.75) is 31.3 Å². The van der Waals surface area contributed by atoms with Crippen LogP contribution in [0.2, 0.25) is 5.02 Å². The van der Waals surface area contributed by atoms with Crippen LogP contribution in [0.1, 0.15) is 29.6 Å². The molecule has 5 nitrogen and oxygen atoms in total. The summed E-state index contributed by atoms with van der Waals surface area (Å²) >= 11 is 6.09. The van der Waals surface area contributed by atoms with Crippen LogP contribution in [0.5, 0.6) is 5.75 Å². The number of amides is 1. The maximum Gasteiger partial charge on any atom is 0.257 e. The molecule has 2 bridgehead atoms. The highest BCUT2D eigenvalue weighted by atomic mass is 35.5. The van der Waals surface area contributed by atoms with Crippen LogP contribution in [0.15, 0.2) is 18.2 Å². The summed E-state index contributed by atoms with van der Waals surface area (Å²) in [5, 5.41) is 4.13. The number of carbonyl (C=O) groups is 1. The molecule has 0 saturated carbocycles. The Balaban J connectivity index is 1.76. The van der Waals surface area contributed by atoms with E-state index in [1.54, 1.807) is 25.3 Å². The van der Waals surface area contributed by atoms with Crippen molar-refractivity contribution in [2.24, 2.45) is 0 Å². The van der Waals surface area contributed by atoms with Gasteiger partial charge < -0.3 is 19.7 Å². The average Bonchev–Trinajstić information content (AvgIpc) is 2.87. The first kappa shape index (κ1) is 16.6. The zero-order chi connectivity index (χ0) is 16.2. The number of hydrogen-bond acceptors (Lipinski definition) is 4. The quantitative estimate of drug-likeness (QED) is 0.837. The molecule has 2 aliphatic rings. The molecule has 1 aromatic rings. The lowest BCUT2D eigenvalue weighted by atomic mass is 10.1. The van der Waals surface area contributed by atoms with Gasteiger partial charge >= 0.3 is 0 Å². The van der Waals surface area contributed by atoms with Gasteiger partial charge in [-0.15, -0.1) is 0 Å². The van der Waals surface area contributed by atoms with Gasteiger partial charge in [-0.25, -0.2) is 0 Å². The van der Waals surface area contributed by atoms with Gasteiger partial charge in [-0.3, -0.25) is 4.79 Å². The molecule has 1 N–H and O–H groups in total. The van der Waals surface area contributed by atoms with E-state index in [2.05, 4.69) is 5.32 Å². The Morgan fingerprint density at radius 3 is 2.96 bits per heavy atom. The second-order valence-electron chi connectivity index (χ2n) is 6.16. The van der Waals surface area contributed by atoms with Gasteiger partial charge in [0.05, 0.1) is 12.2 Å². The maximum absolute atomic E-state index is 13.0. The van der Waals surface area contributed by atoms with E-state index in [-0.39, 0.29) is 5.91 Å². The topological polar surface area (TPSA) is 50.8 Å². The van der Waals surface area contributed by atoms with Crippen LogP contribution < -0.4 is 10.1 Å². The van der Waals surface area contributed by atoms with Crippen LogP contribution in [0, 0.1) is 0 Å². The summed E-state index contributed by atoms with van der Waals surface area (Å²) in [6, 6.07) is 6.15. The van der Waals surface area contributed by atoms with Crippen molar-refractivity contribution in [3.8, 4) is 5.75 Å². The first-order chi connectivity index (χ1) is 11.2. The minimum Gasteiger partial charge on any atom is -0.490 e. The predicted molar refractivity (Wildman–Crippen MR) is 89.3 cm³/mol. The maximum atomic E-state index is 13.0. The van der Waals surface area contributed by atoms with E-state index in [1.165, 1.54) is 6.42 Å². The van der Waals surface area contributed by atoms with Gasteiger partial charge in [-0.05, 0) is 37.5 Å². The molecule has 0 spiro atoms. The van der Waals surface area contributed by atoms with Crippen molar-refractivity contribution >= 4 is 17.5 Å². The van der Waals surface area contributed by atoms with Gasteiger partial charge in [0.2, 0.25) is 0 Å². The summed E-state index contributed by atoms with van der Waals surface area (Å²) in [5.41, 5.74) is 0.534. The monoisotopic (exact) mass is 338 g/mol. The lowest BCUT2D eigenvalue weighted by Gasteiger charge is -2.25. The second-order valence-corrected chi connectivity index (χ2v) is 6.60. The van der Waals surface area contributed by atoms with Crippen LogP contribution in [0.3, 0.4) is 0 Å². The smallest absolute Gasteiger partial charge is 0.257 e. The Hall–Kier alpha value is -1.30. The number of nitrogens with one attached hydrogen (secondary N) is 1. The zero-order valence-corrected chi connectivity index (χ0v) is 14.1. The molecule has 6 heteroatoms. The Labute approximate surface area is 141 Å². The van der Waals surface area contributed by atoms with Gasteiger partial charge in [0, 0.05) is 37.3 Å². The minimum absolute atomic E-state index is 0.00531. The molecule has 3 rings (SSSR count). The van der Waals surface area contributed by atoms with E-state index in [4.69, 9.17) is 21.1 Å². The summed E-state index contributed by atoms with van der Waals surface area (Å²) in [6.07, 6.45) is 3.36. The fourth-order valence-corrected chi connectivity index (χ4v) is 3.50. The van der Waals surface area contributed by atoms with Crippen molar-refractivity contribution in [2.75, 3.05) is 33.4 Å². The van der Waals surface area contributed by atoms with E-state index in [0.29, 0.717) is 41.6 Å². The number of methoxy groups -OCH3 is 1. The number of nitrogens with zero attached hydrogens (tertiary/aromatic N) is 1. The highest BCUT2D eigenvalue weighted by Crippen LogP contribution is 2.27. The minimum atomic E-state index is -0.00531. The van der Waals surface area contributed by atoms with Crippen LogP contribution in [-0.2, 0) is 4.74 Å². The molecule has 1 amide bonds. The largest absolute Gasteiger partial charge is 0.490 e. The standard InChI is InChI=1S/C17H23ClN2O3/c1-22-8-9-23-16-5-2-12(18)10-15(16)17(21)20-7-6-13-3-4-14(11-20)19-13/h2,5,10,13-14,19H,3-4,6-9,11H2,1H3. The van der Waals surface area contributed by atoms with Crippen molar-refractivity contribution in [1.29, 1.82) is 0 Å². The second kappa shape index (κ2) is 7.51. The Morgan fingerprint density at radius 2 is 2.13 bits per heavy atom. The third-order valence-electron chi connectivity index (χ3n) is 4.53. The average molecular weight is 339 g/mol. The summed E-state index contributed by atoms with van der Waals surface area (Å²) < 4.78 is 10.7. The van der Waals surface area contributed by atoms with E-state index in [0.717, 1.165) is 25.9 Å². The first-order valence-electron chi connectivity index (χ1n) is 8.14. The molecular formula is C17H23ClN2O3. The van der Waals surface area contributed by atoms with E-state index in [1.807, 2.05) is 4.90 Å². The highest BCUT2D eigenvalue weighted by molar-refractivity contribution is 6.31. The van der Waals surface area contributed by atoms with E-state index < -0.39 is 0 Å². The fourth-order valence-electron chi connectivity index (χ4n) is 3.33. The highest BCUT2D eigenvalue weighted by Gasteiger charge is 2.32. The number of ether oxygens (including phenoxy) is 2. The van der Waals surface area contributed by atoms with Gasteiger partial charge in [-0.1, -0.05) is 11.6 Å². The fraction of sp³-hybridized carbons (Fsp3) is 0.588. The van der Waals surface area contributed by atoms with Crippen LogP contribution in [0.4, 0.5) is 0 Å². The number of halogens is 1. The Morgan fingerprint density at radius 1 is 1.30 bits per heavy atom. The van der Waals surface area contributed by atoms with Crippen LogP contribution in [0.25, 0.3) is 0 Å². The molecule has 2 unspecified atom stereocenters. The Bertz CT molecular complexity index is 567. The third-order valence-corrected chi connectivity index (χ3v) is 4.76. The molecule has 23 heavy (non-hydrogen) atoms. The van der Waals surface area contributed by atoms with E-state index in [9.17, 15) is 4.79 Å². The number of likely N-dealkylation sites (tertiary alicyclic amines) is 1. The van der Waals surface area contributed by atoms with Crippen LogP contribution in [-0.4, -0.2) is 56.3 Å². The number of hydrogen-bond donors (Lipinski definition) is 1. The molecule has 0 radical (unpaired) electrons. The molecule has 1 aromatic carbocycles. The summed E-state index contributed by atoms with van der Waals surface area (Å²) in [6.45, 7) is 2.41. The van der Waals surface area contributed by atoms with Gasteiger partial charge in [0.1, 0.15) is 12.4 Å². The molecule has 0 aliphatic carbocycles. The van der Waals surface area contributed by atoms with Gasteiger partial charge in [0.25, 0.3) is 5.91 Å². The van der Waals surface area contributed by atoms with Crippen molar-refractivity contribution in [3.63, 3.8) is 0 Å². The first-order valence-corrected chi connectivity index (χ1v) is 8.52. The summed E-state index contributed by atoms with van der Waals surface area (Å²) in [5.74, 6) is 0.563. The molecule has 2 atom stereocenters. The number of benzene rings is 1. The van der Waals surface area contributed by atoms with Crippen molar-refractivity contribution in [3.05, 3.63) is 28.8 Å². The molecule has 2 aliphatic heterocycles. The van der Waals surface area contributed by atoms with Crippen molar-refractivity contribution < 1.29 is 14.3 Å². The molecule has 126 valence electrons. The molecule has 0 aromatic heterocycles. The molecule has 2 fully saturated rings. The van der Waals surface area contributed by atoms with Gasteiger partial charge in [-0.2, -0.15) is 0 Å². The van der Waals surface area contributed by atoms with E-state index >= 15 is 0 Å². The number of rotatable bonds is 5. The summed E-state index contributed by atoms with van der Waals surface area (Å²) in [4.78, 5) is 14.9. The van der Waals surface area contributed by atoms with Gasteiger partial charge in [0.15, 0.2) is 0 Å². The SMILES string of the molecule is COCCOc1ccc(Cl)cc1C(=O)N1CCC2CCC(C1)N2. The number of carbonyl (C=O) groups excluding carboxylic acids is 1. The lowest BCUT2D eigenvalue weighted by molar-refractivity contribution is 0.0741. The zero-order valence-electron chi connectivity index (χ0n) is 13.4. The van der Waals surface area contributed by atoms with Crippen LogP contribution >= 0.6 is 11.6 Å². The normalized spacial score (nSPS) is 23.7. The lowest BCUT2D eigenvalue weighted by Crippen LogP contribution is -2.39. The predicted octanol–water partition coefficient (Wildman–Crippen LogP) is 2.33. The molecule has 2 heterocycles. The summed E-state index contributed by atoms with van der Waals surface area (Å²) in [7, 11) is 1.62. The third kappa shape index (κ3) is 3.97. The number of fused-ring (bicyclic) bond motifs is 2. The molecular weight excluding hydrogens is 316 g/mol.